The van der Waals surface area contributed by atoms with Crippen LogP contribution < -0.4 is 10.2 Å². The maximum atomic E-state index is 12.8. The van der Waals surface area contributed by atoms with Crippen molar-refractivity contribution < 1.29 is 32.9 Å². The summed E-state index contributed by atoms with van der Waals surface area (Å²) in [4.78, 5) is 25.3. The van der Waals surface area contributed by atoms with Gasteiger partial charge in [0.15, 0.2) is 0 Å². The van der Waals surface area contributed by atoms with E-state index in [0.29, 0.717) is 17.4 Å². The predicted octanol–water partition coefficient (Wildman–Crippen LogP) is 14.0. The Balaban J connectivity index is 4.11. The molecule has 0 saturated heterocycles. The fourth-order valence-electron chi connectivity index (χ4n) is 6.35. The van der Waals surface area contributed by atoms with E-state index >= 15 is 0 Å². The summed E-state index contributed by atoms with van der Waals surface area (Å²) in [5, 5.41) is 13.7. The van der Waals surface area contributed by atoms with Gasteiger partial charge in [-0.15, -0.1) is 0 Å². The number of nitrogens with one attached hydrogen (secondary N) is 1. The number of phosphoric acid groups is 1. The average Bonchev–Trinajstić information content (AvgIpc) is 3.25. The molecule has 0 aliphatic rings. The molecule has 3 unspecified atom stereocenters. The molecule has 0 heterocycles. The Morgan fingerprint density at radius 3 is 1.45 bits per heavy atom. The van der Waals surface area contributed by atoms with Gasteiger partial charge < -0.3 is 28.8 Å². The highest BCUT2D eigenvalue weighted by Gasteiger charge is 2.23. The Labute approximate surface area is 393 Å². The SMILES string of the molecule is C/C=C/CC/C=C/CC/C=C/C(O)C(COP(=O)([O-])OCC[N+](C)(C)C)NC(=O)CCCCCCCCCCCCC/C=C\C/C=C\C/C=C\C/C=C\C/C=C\C/C=C\C/C=C\CC. The van der Waals surface area contributed by atoms with Crippen LogP contribution in [0.2, 0.25) is 0 Å². The van der Waals surface area contributed by atoms with E-state index in [0.717, 1.165) is 96.3 Å². The maximum absolute atomic E-state index is 12.8. The zero-order valence-corrected chi connectivity index (χ0v) is 42.1. The molecule has 1 amide bonds. The molecule has 0 aliphatic heterocycles. The van der Waals surface area contributed by atoms with Crippen molar-refractivity contribution in [2.45, 2.75) is 180 Å². The number of phosphoric ester groups is 1. The summed E-state index contributed by atoms with van der Waals surface area (Å²) in [6.45, 7) is 4.23. The highest BCUT2D eigenvalue weighted by molar-refractivity contribution is 7.45. The van der Waals surface area contributed by atoms with E-state index in [2.05, 4.69) is 116 Å². The Bertz CT molecular complexity index is 1450. The number of unbranched alkanes of at least 4 members (excludes halogenated alkanes) is 13. The minimum atomic E-state index is -4.60. The Kier molecular flexibility index (Phi) is 42.9. The molecule has 9 heteroatoms. The van der Waals surface area contributed by atoms with Crippen molar-refractivity contribution in [2.24, 2.45) is 0 Å². The minimum absolute atomic E-state index is 0.0161. The van der Waals surface area contributed by atoms with Crippen molar-refractivity contribution in [3.63, 3.8) is 0 Å². The number of amides is 1. The number of carbonyl (C=O) groups excluding carboxylic acids is 1. The van der Waals surface area contributed by atoms with E-state index in [-0.39, 0.29) is 12.5 Å². The molecule has 0 aliphatic carbocycles. The quantitative estimate of drug-likeness (QED) is 0.0273. The van der Waals surface area contributed by atoms with Crippen molar-refractivity contribution in [3.8, 4) is 0 Å². The molecule has 0 spiro atoms. The lowest BCUT2D eigenvalue weighted by atomic mass is 10.0. The monoisotopic (exact) mass is 909 g/mol. The summed E-state index contributed by atoms with van der Waals surface area (Å²) in [5.74, 6) is -0.225. The first-order valence-corrected chi connectivity index (χ1v) is 26.3. The van der Waals surface area contributed by atoms with E-state index in [1.165, 1.54) is 51.4 Å². The number of hydrogen-bond acceptors (Lipinski definition) is 6. The molecule has 8 nitrogen and oxygen atoms in total. The van der Waals surface area contributed by atoms with Crippen molar-refractivity contribution in [2.75, 3.05) is 40.9 Å². The van der Waals surface area contributed by atoms with Gasteiger partial charge in [-0.1, -0.05) is 186 Å². The number of likely N-dealkylation sites (N-methyl/N-ethyl adjacent to an activating group) is 1. The van der Waals surface area contributed by atoms with Gasteiger partial charge in [0, 0.05) is 6.42 Å². The number of rotatable bonds is 43. The zero-order valence-electron chi connectivity index (χ0n) is 41.2. The lowest BCUT2D eigenvalue weighted by molar-refractivity contribution is -0.870. The number of nitrogens with zero attached hydrogens (tertiary/aromatic N) is 1. The fourth-order valence-corrected chi connectivity index (χ4v) is 7.07. The van der Waals surface area contributed by atoms with Gasteiger partial charge in [-0.25, -0.2) is 0 Å². The Morgan fingerprint density at radius 1 is 0.578 bits per heavy atom. The largest absolute Gasteiger partial charge is 0.756 e. The number of allylic oxidation sites excluding steroid dienone is 19. The lowest BCUT2D eigenvalue weighted by Crippen LogP contribution is -2.45. The molecule has 364 valence electrons. The van der Waals surface area contributed by atoms with Gasteiger partial charge in [0.05, 0.1) is 39.9 Å². The maximum Gasteiger partial charge on any atom is 0.268 e. The molecule has 0 fully saturated rings. The second kappa shape index (κ2) is 45.1. The first-order chi connectivity index (χ1) is 31.0. The molecule has 0 radical (unpaired) electrons. The number of aliphatic hydroxyl groups is 1. The van der Waals surface area contributed by atoms with Crippen LogP contribution >= 0.6 is 7.82 Å². The molecule has 2 N–H and O–H groups in total. The topological polar surface area (TPSA) is 108 Å². The van der Waals surface area contributed by atoms with E-state index in [4.69, 9.17) is 9.05 Å². The predicted molar refractivity (Wildman–Crippen MR) is 274 cm³/mol. The summed E-state index contributed by atoms with van der Waals surface area (Å²) < 4.78 is 23.1. The molecule has 0 bridgehead atoms. The van der Waals surface area contributed by atoms with Crippen LogP contribution in [0, 0.1) is 0 Å². The molecular formula is C55H93N2O6P. The fraction of sp³-hybridized carbons (Fsp3) is 0.618. The molecule has 0 aromatic rings. The van der Waals surface area contributed by atoms with Gasteiger partial charge in [-0.2, -0.15) is 0 Å². The summed E-state index contributed by atoms with van der Waals surface area (Å²) in [5.41, 5.74) is 0. The molecule has 64 heavy (non-hydrogen) atoms. The summed E-state index contributed by atoms with van der Waals surface area (Å²) in [7, 11) is 1.21. The van der Waals surface area contributed by atoms with E-state index in [1.54, 1.807) is 6.08 Å². The highest BCUT2D eigenvalue weighted by atomic mass is 31.2. The number of aliphatic hydroxyl groups excluding tert-OH is 1. The van der Waals surface area contributed by atoms with Gasteiger partial charge in [-0.05, 0) is 96.8 Å². The molecule has 0 aromatic carbocycles. The number of quaternary nitrogens is 1. The van der Waals surface area contributed by atoms with Crippen LogP contribution in [0.4, 0.5) is 0 Å². The van der Waals surface area contributed by atoms with Crippen LogP contribution in [0.25, 0.3) is 0 Å². The number of hydrogen-bond donors (Lipinski definition) is 2. The molecule has 0 rings (SSSR count). The second-order valence-electron chi connectivity index (χ2n) is 17.4. The van der Waals surface area contributed by atoms with Crippen LogP contribution in [0.1, 0.15) is 168 Å². The van der Waals surface area contributed by atoms with Crippen LogP contribution in [0.15, 0.2) is 122 Å². The smallest absolute Gasteiger partial charge is 0.268 e. The first-order valence-electron chi connectivity index (χ1n) is 24.9. The van der Waals surface area contributed by atoms with Crippen LogP contribution in [0.3, 0.4) is 0 Å². The summed E-state index contributed by atoms with van der Waals surface area (Å²) in [6, 6.07) is -0.917. The third kappa shape index (κ3) is 46.9. The van der Waals surface area contributed by atoms with Crippen molar-refractivity contribution >= 4 is 13.7 Å². The van der Waals surface area contributed by atoms with Crippen molar-refractivity contribution in [3.05, 3.63) is 122 Å². The normalized spacial score (nSPS) is 15.2. The van der Waals surface area contributed by atoms with Gasteiger partial charge in [0.1, 0.15) is 13.2 Å². The van der Waals surface area contributed by atoms with Crippen molar-refractivity contribution in [1.29, 1.82) is 0 Å². The van der Waals surface area contributed by atoms with E-state index < -0.39 is 26.6 Å². The number of carbonyl (C=O) groups is 1. The van der Waals surface area contributed by atoms with E-state index in [9.17, 15) is 19.4 Å². The van der Waals surface area contributed by atoms with Gasteiger partial charge in [-0.3, -0.25) is 9.36 Å². The standard InChI is InChI=1S/C55H93N2O6P/c1-6-8-10-12-14-16-17-18-19-20-21-22-23-24-25-26-27-28-29-30-31-32-33-34-35-36-37-38-39-41-43-45-47-49-55(59)56-53(52-63-64(60,61)62-51-50-57(3,4)5)54(58)48-46-44-42-40-15-13-11-9-7-2/h7-10,14-16,18-19,21-22,24-25,27-28,30-31,40,46,48,53-54,58H,6,11-13,17,20,23,26,29,32-39,41-45,47,49-52H2,1-5H3,(H-,56,59,60,61)/b9-7+,10-8-,16-14-,19-18-,22-21-,25-24-,28-27-,31-30-,40-15+,48-46+. The van der Waals surface area contributed by atoms with Crippen molar-refractivity contribution in [1.82, 2.24) is 5.32 Å². The molecule has 0 aromatic heterocycles. The third-order valence-corrected chi connectivity index (χ3v) is 11.2. The zero-order chi connectivity index (χ0) is 47.1. The average molecular weight is 909 g/mol. The molecular weight excluding hydrogens is 816 g/mol. The molecule has 3 atom stereocenters. The summed E-state index contributed by atoms with van der Waals surface area (Å²) >= 11 is 0. The van der Waals surface area contributed by atoms with Gasteiger partial charge >= 0.3 is 0 Å². The summed E-state index contributed by atoms with van der Waals surface area (Å²) in [6.07, 6.45) is 67.3. The second-order valence-corrected chi connectivity index (χ2v) is 18.8. The van der Waals surface area contributed by atoms with Crippen LogP contribution in [-0.4, -0.2) is 68.5 Å². The lowest BCUT2D eigenvalue weighted by Gasteiger charge is -2.29. The van der Waals surface area contributed by atoms with Gasteiger partial charge in [0.2, 0.25) is 5.91 Å². The van der Waals surface area contributed by atoms with Gasteiger partial charge in [0.25, 0.3) is 7.82 Å². The highest BCUT2D eigenvalue weighted by Crippen LogP contribution is 2.38. The Hall–Kier alpha value is -3.10. The van der Waals surface area contributed by atoms with Crippen LogP contribution in [0.5, 0.6) is 0 Å². The minimum Gasteiger partial charge on any atom is -0.756 e. The van der Waals surface area contributed by atoms with Crippen LogP contribution in [-0.2, 0) is 18.4 Å². The first kappa shape index (κ1) is 60.9. The third-order valence-electron chi connectivity index (χ3n) is 10.2. The molecule has 0 saturated carbocycles. The van der Waals surface area contributed by atoms with E-state index in [1.807, 2.05) is 40.2 Å². The Morgan fingerprint density at radius 2 is 0.984 bits per heavy atom.